The molecule has 5 nitrogen and oxygen atoms in total. The molecule has 2 unspecified atom stereocenters. The van der Waals surface area contributed by atoms with E-state index in [1.54, 1.807) is 19.1 Å². The maximum Gasteiger partial charge on any atom is 0.311 e. The first-order valence-corrected chi connectivity index (χ1v) is 7.71. The van der Waals surface area contributed by atoms with Crippen LogP contribution in [0.15, 0.2) is 24.3 Å². The lowest BCUT2D eigenvalue weighted by Gasteiger charge is -2.29. The number of ether oxygens (including phenoxy) is 1. The van der Waals surface area contributed by atoms with Crippen LogP contribution in [0.5, 0.6) is 5.75 Å². The molecule has 1 fully saturated rings. The van der Waals surface area contributed by atoms with Gasteiger partial charge in [-0.3, -0.25) is 9.59 Å². The molecular weight excluding hydrogens is 301 g/mol. The Morgan fingerprint density at radius 1 is 1.30 bits per heavy atom. The number of carbonyl (C=O) groups excluding carboxylic acids is 1. The minimum absolute atomic E-state index is 0.0147. The van der Waals surface area contributed by atoms with Crippen LogP contribution in [0.1, 0.15) is 27.2 Å². The molecule has 0 radical (unpaired) electrons. The molecule has 1 aromatic carbocycles. The summed E-state index contributed by atoms with van der Waals surface area (Å²) < 4.78 is 19.0. The van der Waals surface area contributed by atoms with Crippen molar-refractivity contribution >= 4 is 11.9 Å². The molecule has 1 aliphatic rings. The highest BCUT2D eigenvalue weighted by Gasteiger charge is 2.49. The van der Waals surface area contributed by atoms with Crippen LogP contribution in [0.3, 0.4) is 0 Å². The number of likely N-dealkylation sites (tertiary alicyclic amines) is 1. The molecule has 2 rings (SSSR count). The predicted octanol–water partition coefficient (Wildman–Crippen LogP) is 2.55. The standard InChI is InChI=1S/C17H22FNO4/c1-11(2)17(16(21)22)8-9-19(10-17)15(20)12(3)23-14-7-5-4-6-13(14)18/h4-7,11-12H,8-10H2,1-3H3,(H,21,22). The number of para-hydroxylation sites is 1. The number of amides is 1. The van der Waals surface area contributed by atoms with E-state index in [-0.39, 0.29) is 24.1 Å². The van der Waals surface area contributed by atoms with E-state index >= 15 is 0 Å². The van der Waals surface area contributed by atoms with Crippen LogP contribution in [-0.2, 0) is 9.59 Å². The summed E-state index contributed by atoms with van der Waals surface area (Å²) in [6, 6.07) is 5.88. The number of carboxylic acids is 1. The monoisotopic (exact) mass is 323 g/mol. The summed E-state index contributed by atoms with van der Waals surface area (Å²) >= 11 is 0. The SMILES string of the molecule is CC(Oc1ccccc1F)C(=O)N1CCC(C(=O)O)(C(C)C)C1. The Kier molecular flexibility index (Phi) is 4.92. The Morgan fingerprint density at radius 3 is 2.48 bits per heavy atom. The molecular formula is C17H22FNO4. The fourth-order valence-corrected chi connectivity index (χ4v) is 2.95. The summed E-state index contributed by atoms with van der Waals surface area (Å²) in [6.45, 7) is 5.77. The fraction of sp³-hybridized carbons (Fsp3) is 0.529. The van der Waals surface area contributed by atoms with Crippen molar-refractivity contribution in [1.29, 1.82) is 0 Å². The van der Waals surface area contributed by atoms with Gasteiger partial charge < -0.3 is 14.7 Å². The maximum atomic E-state index is 13.6. The lowest BCUT2D eigenvalue weighted by atomic mass is 9.76. The second-order valence-electron chi connectivity index (χ2n) is 6.32. The van der Waals surface area contributed by atoms with Gasteiger partial charge in [-0.25, -0.2) is 4.39 Å². The number of rotatable bonds is 5. The number of hydrogen-bond donors (Lipinski definition) is 1. The lowest BCUT2D eigenvalue weighted by molar-refractivity contribution is -0.151. The van der Waals surface area contributed by atoms with Gasteiger partial charge in [-0.05, 0) is 31.4 Å². The average molecular weight is 323 g/mol. The summed E-state index contributed by atoms with van der Waals surface area (Å²) in [5.41, 5.74) is -0.923. The quantitative estimate of drug-likeness (QED) is 0.904. The highest BCUT2D eigenvalue weighted by Crippen LogP contribution is 2.38. The number of benzene rings is 1. The van der Waals surface area contributed by atoms with Gasteiger partial charge in [0.25, 0.3) is 5.91 Å². The van der Waals surface area contributed by atoms with Gasteiger partial charge in [0.1, 0.15) is 0 Å². The molecule has 0 saturated carbocycles. The van der Waals surface area contributed by atoms with Crippen LogP contribution in [0.25, 0.3) is 0 Å². The molecule has 1 aromatic rings. The topological polar surface area (TPSA) is 66.8 Å². The van der Waals surface area contributed by atoms with E-state index in [9.17, 15) is 19.1 Å². The first-order valence-electron chi connectivity index (χ1n) is 7.71. The molecule has 1 amide bonds. The number of carboxylic acid groups (broad SMARTS) is 1. The Bertz CT molecular complexity index is 604. The van der Waals surface area contributed by atoms with Crippen LogP contribution < -0.4 is 4.74 Å². The molecule has 23 heavy (non-hydrogen) atoms. The van der Waals surface area contributed by atoms with Crippen molar-refractivity contribution in [2.24, 2.45) is 11.3 Å². The van der Waals surface area contributed by atoms with Crippen molar-refractivity contribution in [3.8, 4) is 5.75 Å². The number of halogens is 1. The largest absolute Gasteiger partial charge is 0.481 e. The van der Waals surface area contributed by atoms with Crippen LogP contribution in [-0.4, -0.2) is 41.1 Å². The van der Waals surface area contributed by atoms with Crippen molar-refractivity contribution in [3.63, 3.8) is 0 Å². The van der Waals surface area contributed by atoms with Crippen molar-refractivity contribution in [2.45, 2.75) is 33.3 Å². The summed E-state index contributed by atoms with van der Waals surface area (Å²) in [5.74, 6) is -1.81. The van der Waals surface area contributed by atoms with Crippen LogP contribution >= 0.6 is 0 Å². The zero-order chi connectivity index (χ0) is 17.2. The van der Waals surface area contributed by atoms with E-state index in [2.05, 4.69) is 0 Å². The van der Waals surface area contributed by atoms with Crippen LogP contribution in [0, 0.1) is 17.2 Å². The number of carbonyl (C=O) groups is 2. The smallest absolute Gasteiger partial charge is 0.311 e. The first kappa shape index (κ1) is 17.2. The van der Waals surface area contributed by atoms with E-state index in [0.29, 0.717) is 13.0 Å². The second-order valence-corrected chi connectivity index (χ2v) is 6.32. The van der Waals surface area contributed by atoms with Gasteiger partial charge in [-0.15, -0.1) is 0 Å². The summed E-state index contributed by atoms with van der Waals surface area (Å²) in [5, 5.41) is 9.53. The van der Waals surface area contributed by atoms with Crippen molar-refractivity contribution in [1.82, 2.24) is 4.90 Å². The van der Waals surface area contributed by atoms with Crippen LogP contribution in [0.2, 0.25) is 0 Å². The fourth-order valence-electron chi connectivity index (χ4n) is 2.95. The zero-order valence-corrected chi connectivity index (χ0v) is 13.6. The molecule has 0 spiro atoms. The van der Waals surface area contributed by atoms with Gasteiger partial charge in [-0.2, -0.15) is 0 Å². The van der Waals surface area contributed by atoms with Crippen molar-refractivity contribution in [3.05, 3.63) is 30.1 Å². The van der Waals surface area contributed by atoms with Crippen molar-refractivity contribution < 1.29 is 23.8 Å². The molecule has 1 N–H and O–H groups in total. The third kappa shape index (κ3) is 3.30. The van der Waals surface area contributed by atoms with E-state index < -0.39 is 23.3 Å². The Balaban J connectivity index is 2.07. The zero-order valence-electron chi connectivity index (χ0n) is 13.6. The molecule has 1 heterocycles. The maximum absolute atomic E-state index is 13.6. The van der Waals surface area contributed by atoms with Gasteiger partial charge in [0.15, 0.2) is 17.7 Å². The summed E-state index contributed by atoms with van der Waals surface area (Å²) in [4.78, 5) is 25.6. The summed E-state index contributed by atoms with van der Waals surface area (Å²) in [6.07, 6.45) is -0.457. The molecule has 1 aliphatic heterocycles. The number of hydrogen-bond acceptors (Lipinski definition) is 3. The highest BCUT2D eigenvalue weighted by atomic mass is 19.1. The van der Waals surface area contributed by atoms with E-state index in [4.69, 9.17) is 4.74 Å². The molecule has 2 atom stereocenters. The highest BCUT2D eigenvalue weighted by molar-refractivity contribution is 5.83. The van der Waals surface area contributed by atoms with E-state index in [1.165, 1.54) is 17.0 Å². The van der Waals surface area contributed by atoms with Crippen LogP contribution in [0.4, 0.5) is 4.39 Å². The Hall–Kier alpha value is -2.11. The first-order chi connectivity index (χ1) is 10.8. The normalized spacial score (nSPS) is 22.2. The summed E-state index contributed by atoms with van der Waals surface area (Å²) in [7, 11) is 0. The predicted molar refractivity (Wildman–Crippen MR) is 82.6 cm³/mol. The van der Waals surface area contributed by atoms with E-state index in [1.807, 2.05) is 13.8 Å². The molecule has 0 aliphatic carbocycles. The van der Waals surface area contributed by atoms with Gasteiger partial charge in [-0.1, -0.05) is 26.0 Å². The number of aliphatic carboxylic acids is 1. The molecule has 126 valence electrons. The molecule has 1 saturated heterocycles. The third-order valence-corrected chi connectivity index (χ3v) is 4.63. The average Bonchev–Trinajstić information content (AvgIpc) is 2.95. The lowest BCUT2D eigenvalue weighted by Crippen LogP contribution is -2.44. The van der Waals surface area contributed by atoms with Crippen molar-refractivity contribution in [2.75, 3.05) is 13.1 Å². The third-order valence-electron chi connectivity index (χ3n) is 4.63. The molecule has 0 bridgehead atoms. The second kappa shape index (κ2) is 6.56. The minimum atomic E-state index is -0.923. The molecule has 0 aromatic heterocycles. The van der Waals surface area contributed by atoms with Gasteiger partial charge in [0.05, 0.1) is 5.41 Å². The van der Waals surface area contributed by atoms with E-state index in [0.717, 1.165) is 0 Å². The minimum Gasteiger partial charge on any atom is -0.481 e. The number of nitrogens with zero attached hydrogens (tertiary/aromatic N) is 1. The molecule has 6 heteroatoms. The van der Waals surface area contributed by atoms with Gasteiger partial charge in [0, 0.05) is 13.1 Å². The van der Waals surface area contributed by atoms with Gasteiger partial charge >= 0.3 is 5.97 Å². The Labute approximate surface area is 135 Å². The Morgan fingerprint density at radius 2 is 1.96 bits per heavy atom. The van der Waals surface area contributed by atoms with Gasteiger partial charge in [0.2, 0.25) is 0 Å².